The van der Waals surface area contributed by atoms with Gasteiger partial charge in [-0.1, -0.05) is 0 Å². The molecule has 14 heavy (non-hydrogen) atoms. The Labute approximate surface area is 99.4 Å². The summed E-state index contributed by atoms with van der Waals surface area (Å²) in [4.78, 5) is 0. The summed E-state index contributed by atoms with van der Waals surface area (Å²) in [5, 5.41) is 0.996. The van der Waals surface area contributed by atoms with Crippen molar-refractivity contribution >= 4 is 34.9 Å². The van der Waals surface area contributed by atoms with Gasteiger partial charge in [0.15, 0.2) is 0 Å². The second kappa shape index (κ2) is 5.41. The zero-order chi connectivity index (χ0) is 10.7. The fraction of sp³-hybridized carbons (Fsp3) is 0.500. The topological polar surface area (TPSA) is 0 Å². The quantitative estimate of drug-likeness (QED) is 0.747. The summed E-state index contributed by atoms with van der Waals surface area (Å²) in [6, 6.07) is 8.42. The standard InChI is InChI=1S/C6H4Cl.2C3H7.Sn.H/c7-6-4-2-1-3-5-6;2*1-3-2;;/h1-4H;2*3H,1-2H3;;. The summed E-state index contributed by atoms with van der Waals surface area (Å²) < 4.78 is 3.19. The van der Waals surface area contributed by atoms with Crippen LogP contribution in [0.25, 0.3) is 0 Å². The molecule has 0 aromatic heterocycles. The average Bonchev–Trinajstić information content (AvgIpc) is 2.07. The van der Waals surface area contributed by atoms with Crippen molar-refractivity contribution in [1.29, 1.82) is 0 Å². The van der Waals surface area contributed by atoms with Gasteiger partial charge in [-0.15, -0.1) is 0 Å². The van der Waals surface area contributed by atoms with Crippen LogP contribution in [0, 0.1) is 0 Å². The number of benzene rings is 1. The molecule has 0 atom stereocenters. The first kappa shape index (κ1) is 12.4. The zero-order valence-electron chi connectivity index (χ0n) is 9.42. The molecule has 0 heterocycles. The average molecular weight is 317 g/mol. The Kier molecular flexibility index (Phi) is 4.78. The molecular weight excluding hydrogens is 298 g/mol. The van der Waals surface area contributed by atoms with Gasteiger partial charge in [0.2, 0.25) is 0 Å². The van der Waals surface area contributed by atoms with E-state index in [4.69, 9.17) is 11.6 Å². The third-order valence-electron chi connectivity index (χ3n) is 2.70. The maximum absolute atomic E-state index is 6.26. The molecule has 0 radical (unpaired) electrons. The van der Waals surface area contributed by atoms with Crippen molar-refractivity contribution in [3.8, 4) is 0 Å². The van der Waals surface area contributed by atoms with Crippen molar-refractivity contribution in [3.63, 3.8) is 0 Å². The molecule has 1 aromatic rings. The molecule has 0 saturated heterocycles. The van der Waals surface area contributed by atoms with Crippen molar-refractivity contribution in [2.45, 2.75) is 35.6 Å². The Morgan fingerprint density at radius 1 is 1.00 bits per heavy atom. The van der Waals surface area contributed by atoms with Gasteiger partial charge in [0.25, 0.3) is 0 Å². The molecule has 1 rings (SSSR count). The number of halogens is 1. The summed E-state index contributed by atoms with van der Waals surface area (Å²) in [5.74, 6) is 0. The second-order valence-corrected chi connectivity index (χ2v) is 17.3. The van der Waals surface area contributed by atoms with Crippen LogP contribution in [0.5, 0.6) is 0 Å². The van der Waals surface area contributed by atoms with Crippen molar-refractivity contribution < 1.29 is 0 Å². The molecule has 0 fully saturated rings. The zero-order valence-corrected chi connectivity index (χ0v) is 13.5. The van der Waals surface area contributed by atoms with Gasteiger partial charge in [-0.2, -0.15) is 0 Å². The van der Waals surface area contributed by atoms with E-state index >= 15 is 0 Å². The molecular formula is C12H19ClSn. The van der Waals surface area contributed by atoms with Gasteiger partial charge >= 0.3 is 99.8 Å². The molecule has 0 saturated carbocycles. The molecule has 1 aromatic carbocycles. The summed E-state index contributed by atoms with van der Waals surface area (Å²) >= 11 is 4.60. The predicted octanol–water partition coefficient (Wildman–Crippen LogP) is 3.59. The Bertz CT molecular complexity index is 286. The minimum absolute atomic E-state index is 0.844. The monoisotopic (exact) mass is 318 g/mol. The van der Waals surface area contributed by atoms with E-state index < -0.39 is 19.8 Å². The van der Waals surface area contributed by atoms with Crippen LogP contribution in [-0.2, 0) is 0 Å². The third-order valence-corrected chi connectivity index (χ3v) is 15.3. The first-order chi connectivity index (χ1) is 6.54. The van der Waals surface area contributed by atoms with Crippen molar-refractivity contribution in [1.82, 2.24) is 0 Å². The molecule has 0 amide bonds. The van der Waals surface area contributed by atoms with E-state index in [1.54, 1.807) is 0 Å². The Balaban J connectivity index is 3.05. The Hall–Kier alpha value is 0.309. The van der Waals surface area contributed by atoms with Gasteiger partial charge in [0.05, 0.1) is 0 Å². The molecule has 0 spiro atoms. The van der Waals surface area contributed by atoms with Gasteiger partial charge < -0.3 is 0 Å². The van der Waals surface area contributed by atoms with Crippen LogP contribution in [0.4, 0.5) is 0 Å². The molecule has 0 aliphatic carbocycles. The van der Waals surface area contributed by atoms with Gasteiger partial charge in [-0.3, -0.25) is 0 Å². The maximum atomic E-state index is 6.26. The number of rotatable bonds is 3. The van der Waals surface area contributed by atoms with E-state index in [0.717, 1.165) is 12.9 Å². The fourth-order valence-electron chi connectivity index (χ4n) is 2.23. The first-order valence-corrected chi connectivity index (χ1v) is 11.1. The van der Waals surface area contributed by atoms with E-state index in [-0.39, 0.29) is 0 Å². The molecule has 2 heteroatoms. The normalized spacial score (nSPS) is 11.7. The van der Waals surface area contributed by atoms with E-state index in [1.807, 2.05) is 12.1 Å². The van der Waals surface area contributed by atoms with Crippen LogP contribution in [0.2, 0.25) is 12.9 Å². The SMILES string of the molecule is C[CH](C)[SnH]([c]1ccccc1Cl)[CH](C)C. The van der Waals surface area contributed by atoms with E-state index in [9.17, 15) is 0 Å². The van der Waals surface area contributed by atoms with Crippen molar-refractivity contribution in [3.05, 3.63) is 29.3 Å². The molecule has 78 valence electrons. The van der Waals surface area contributed by atoms with Crippen LogP contribution in [0.3, 0.4) is 0 Å². The summed E-state index contributed by atoms with van der Waals surface area (Å²) in [5.41, 5.74) is 0. The molecule has 0 bridgehead atoms. The Morgan fingerprint density at radius 2 is 1.50 bits per heavy atom. The molecule has 0 aliphatic rings. The summed E-state index contributed by atoms with van der Waals surface area (Å²) in [6.45, 7) is 9.41. The van der Waals surface area contributed by atoms with Gasteiger partial charge in [0, 0.05) is 0 Å². The van der Waals surface area contributed by atoms with Gasteiger partial charge in [0.1, 0.15) is 0 Å². The van der Waals surface area contributed by atoms with Crippen LogP contribution >= 0.6 is 11.6 Å². The summed E-state index contributed by atoms with van der Waals surface area (Å²) in [7, 11) is 0. The van der Waals surface area contributed by atoms with Crippen LogP contribution in [0.1, 0.15) is 27.7 Å². The molecule has 0 nitrogen and oxygen atoms in total. The number of hydrogen-bond acceptors (Lipinski definition) is 0. The van der Waals surface area contributed by atoms with Gasteiger partial charge in [-0.05, 0) is 0 Å². The Morgan fingerprint density at radius 3 is 1.93 bits per heavy atom. The van der Waals surface area contributed by atoms with Gasteiger partial charge in [-0.25, -0.2) is 0 Å². The minimum atomic E-state index is -1.66. The van der Waals surface area contributed by atoms with Crippen LogP contribution in [-0.4, -0.2) is 19.8 Å². The third kappa shape index (κ3) is 2.90. The first-order valence-electron chi connectivity index (χ1n) is 5.28. The van der Waals surface area contributed by atoms with Crippen molar-refractivity contribution in [2.24, 2.45) is 0 Å². The van der Waals surface area contributed by atoms with Crippen LogP contribution < -0.4 is 3.58 Å². The predicted molar refractivity (Wildman–Crippen MR) is 68.4 cm³/mol. The molecule has 0 unspecified atom stereocenters. The molecule has 0 N–H and O–H groups in total. The van der Waals surface area contributed by atoms with E-state index in [0.29, 0.717) is 0 Å². The van der Waals surface area contributed by atoms with E-state index in [1.165, 1.54) is 3.58 Å². The summed E-state index contributed by atoms with van der Waals surface area (Å²) in [6.07, 6.45) is 0. The van der Waals surface area contributed by atoms with Crippen LogP contribution in [0.15, 0.2) is 24.3 Å². The van der Waals surface area contributed by atoms with E-state index in [2.05, 4.69) is 39.8 Å². The number of hydrogen-bond donors (Lipinski definition) is 0. The van der Waals surface area contributed by atoms with Crippen molar-refractivity contribution in [2.75, 3.05) is 0 Å². The fourth-order valence-corrected chi connectivity index (χ4v) is 13.8. The molecule has 0 aliphatic heterocycles. The second-order valence-electron chi connectivity index (χ2n) is 4.54.